The molecule has 8 aromatic rings. The van der Waals surface area contributed by atoms with Crippen molar-refractivity contribution < 1.29 is 0 Å². The van der Waals surface area contributed by atoms with Gasteiger partial charge in [0.05, 0.1) is 5.88 Å². The number of thioether (sulfide) groups is 1. The van der Waals surface area contributed by atoms with Gasteiger partial charge in [-0.3, -0.25) is 0 Å². The van der Waals surface area contributed by atoms with Crippen LogP contribution >= 0.6 is 11.8 Å². The summed E-state index contributed by atoms with van der Waals surface area (Å²) in [5, 5.41) is 5.95. The van der Waals surface area contributed by atoms with Gasteiger partial charge >= 0.3 is 0 Å². The first-order valence-electron chi connectivity index (χ1n) is 16.4. The minimum atomic E-state index is 0.640. The topological polar surface area (TPSA) is 50.7 Å². The summed E-state index contributed by atoms with van der Waals surface area (Å²) in [5.41, 5.74) is 11.1. The molecule has 0 fully saturated rings. The first kappa shape index (κ1) is 29.1. The molecule has 0 saturated carbocycles. The highest BCUT2D eigenvalue weighted by Gasteiger charge is 2.19. The molecule has 1 aliphatic heterocycles. The van der Waals surface area contributed by atoms with Gasteiger partial charge in [-0.15, -0.1) is 11.8 Å². The molecule has 2 heterocycles. The average Bonchev–Trinajstić information content (AvgIpc) is 3.66. The van der Waals surface area contributed by atoms with E-state index in [-0.39, 0.29) is 0 Å². The van der Waals surface area contributed by atoms with E-state index in [1.165, 1.54) is 43.6 Å². The summed E-state index contributed by atoms with van der Waals surface area (Å²) in [4.78, 5) is 16.2. The van der Waals surface area contributed by atoms with Gasteiger partial charge < -0.3 is 5.32 Å². The molecule has 4 nitrogen and oxygen atoms in total. The Labute approximate surface area is 289 Å². The van der Waals surface area contributed by atoms with Crippen LogP contribution in [-0.4, -0.2) is 20.8 Å². The Morgan fingerprint density at radius 3 is 1.78 bits per heavy atom. The molecule has 0 unspecified atom stereocenters. The number of aromatic nitrogens is 3. The van der Waals surface area contributed by atoms with E-state index in [0.717, 1.165) is 33.7 Å². The van der Waals surface area contributed by atoms with Crippen molar-refractivity contribution in [3.05, 3.63) is 164 Å². The Morgan fingerprint density at radius 1 is 0.429 bits per heavy atom. The minimum Gasteiger partial charge on any atom is -0.375 e. The van der Waals surface area contributed by atoms with Gasteiger partial charge in [-0.25, -0.2) is 15.0 Å². The van der Waals surface area contributed by atoms with Crippen molar-refractivity contribution in [1.29, 1.82) is 0 Å². The van der Waals surface area contributed by atoms with Gasteiger partial charge in [0.1, 0.15) is 0 Å². The summed E-state index contributed by atoms with van der Waals surface area (Å²) < 4.78 is 0. The molecule has 49 heavy (non-hydrogen) atoms. The van der Waals surface area contributed by atoms with Gasteiger partial charge in [-0.05, 0) is 62.4 Å². The molecule has 9 rings (SSSR count). The average molecular weight is 647 g/mol. The first-order chi connectivity index (χ1) is 24.3. The predicted molar refractivity (Wildman–Crippen MR) is 204 cm³/mol. The lowest BCUT2D eigenvalue weighted by Gasteiger charge is -2.18. The fourth-order valence-electron chi connectivity index (χ4n) is 6.67. The summed E-state index contributed by atoms with van der Waals surface area (Å²) in [6, 6.07) is 57.5. The van der Waals surface area contributed by atoms with Crippen molar-refractivity contribution in [1.82, 2.24) is 15.0 Å². The van der Waals surface area contributed by atoms with E-state index in [0.29, 0.717) is 17.5 Å². The van der Waals surface area contributed by atoms with Crippen molar-refractivity contribution in [3.8, 4) is 67.5 Å². The van der Waals surface area contributed by atoms with Crippen LogP contribution in [0.5, 0.6) is 0 Å². The lowest BCUT2D eigenvalue weighted by Crippen LogP contribution is -2.00. The molecule has 0 spiro atoms. The van der Waals surface area contributed by atoms with Crippen molar-refractivity contribution in [2.24, 2.45) is 0 Å². The molecule has 1 aliphatic rings. The largest absolute Gasteiger partial charge is 0.375 e. The molecule has 0 atom stereocenters. The van der Waals surface area contributed by atoms with Gasteiger partial charge in [0.2, 0.25) is 0 Å². The number of fused-ring (bicyclic) bond motifs is 2. The zero-order chi connectivity index (χ0) is 32.6. The number of anilines is 1. The highest BCUT2D eigenvalue weighted by Crippen LogP contribution is 2.44. The maximum absolute atomic E-state index is 5.02. The summed E-state index contributed by atoms with van der Waals surface area (Å²) >= 11 is 1.85. The molecule has 0 aliphatic carbocycles. The zero-order valence-corrected chi connectivity index (χ0v) is 27.4. The molecule has 232 valence electrons. The Bertz CT molecular complexity index is 2420. The van der Waals surface area contributed by atoms with E-state index >= 15 is 0 Å². The van der Waals surface area contributed by atoms with E-state index in [2.05, 4.69) is 108 Å². The van der Waals surface area contributed by atoms with Crippen LogP contribution < -0.4 is 5.32 Å². The fraction of sp³-hybridized carbons (Fsp3) is 0.0227. The van der Waals surface area contributed by atoms with Crippen LogP contribution in [0, 0.1) is 0 Å². The van der Waals surface area contributed by atoms with Gasteiger partial charge in [0.25, 0.3) is 0 Å². The van der Waals surface area contributed by atoms with Crippen LogP contribution in [0.25, 0.3) is 78.3 Å². The number of nitrogens with one attached hydrogen (secondary N) is 1. The highest BCUT2D eigenvalue weighted by atomic mass is 32.2. The van der Waals surface area contributed by atoms with Gasteiger partial charge in [0.15, 0.2) is 17.5 Å². The maximum atomic E-state index is 5.02. The smallest absolute Gasteiger partial charge is 0.164 e. The Balaban J connectivity index is 1.23. The molecule has 1 N–H and O–H groups in total. The van der Waals surface area contributed by atoms with E-state index < -0.39 is 0 Å². The molecule has 0 bridgehead atoms. The van der Waals surface area contributed by atoms with Gasteiger partial charge in [-0.2, -0.15) is 0 Å². The quantitative estimate of drug-likeness (QED) is 0.195. The summed E-state index contributed by atoms with van der Waals surface area (Å²) in [6.45, 7) is 0. The van der Waals surface area contributed by atoms with Crippen LogP contribution in [0.1, 0.15) is 0 Å². The number of nitrogens with zero attached hydrogens (tertiary/aromatic N) is 3. The Hall–Kier alpha value is -6.04. The van der Waals surface area contributed by atoms with Crippen LogP contribution in [0.2, 0.25) is 0 Å². The zero-order valence-electron chi connectivity index (χ0n) is 26.5. The van der Waals surface area contributed by atoms with Crippen LogP contribution in [-0.2, 0) is 0 Å². The molecule has 0 amide bonds. The standard InChI is InChI=1S/C44H30N4S/c1-3-13-30(14-4-1)42-46-43(31-15-5-2-6-16-31)48-44(47-42)34-18-11-17-32(26-34)37-24-22-29-12-7-8-20-36(29)41(37)38-21-10-9-19-35(38)33-23-25-40-39(27-33)45-28-49-40/h1-27,45H,28H2. The van der Waals surface area contributed by atoms with E-state index in [9.17, 15) is 0 Å². The van der Waals surface area contributed by atoms with Gasteiger partial charge in [0, 0.05) is 27.3 Å². The van der Waals surface area contributed by atoms with E-state index in [4.69, 9.17) is 15.0 Å². The molecule has 0 radical (unpaired) electrons. The predicted octanol–water partition coefficient (Wildman–Crippen LogP) is 11.5. The molecule has 7 aromatic carbocycles. The van der Waals surface area contributed by atoms with Crippen LogP contribution in [0.4, 0.5) is 5.69 Å². The third kappa shape index (κ3) is 5.54. The first-order valence-corrected chi connectivity index (χ1v) is 17.4. The number of hydrogen-bond donors (Lipinski definition) is 1. The normalized spacial score (nSPS) is 12.1. The summed E-state index contributed by atoms with van der Waals surface area (Å²) in [6.07, 6.45) is 0. The summed E-state index contributed by atoms with van der Waals surface area (Å²) in [5.74, 6) is 2.85. The van der Waals surface area contributed by atoms with Crippen LogP contribution in [0.3, 0.4) is 0 Å². The number of hydrogen-bond acceptors (Lipinski definition) is 5. The Kier molecular flexibility index (Phi) is 7.45. The maximum Gasteiger partial charge on any atom is 0.164 e. The molecule has 0 saturated heterocycles. The Morgan fingerprint density at radius 2 is 1.02 bits per heavy atom. The SMILES string of the molecule is c1ccc(-c2nc(-c3ccccc3)nc(-c3cccc(-c4ccc5ccccc5c4-c4ccccc4-c4ccc5c(c4)NCS5)c3)n2)cc1. The van der Waals surface area contributed by atoms with E-state index in [1.807, 2.05) is 72.4 Å². The number of benzene rings is 7. The van der Waals surface area contributed by atoms with Crippen molar-refractivity contribution in [2.45, 2.75) is 4.90 Å². The highest BCUT2D eigenvalue weighted by molar-refractivity contribution is 7.99. The second-order valence-corrected chi connectivity index (χ2v) is 13.1. The number of rotatable bonds is 6. The minimum absolute atomic E-state index is 0.640. The second-order valence-electron chi connectivity index (χ2n) is 12.1. The summed E-state index contributed by atoms with van der Waals surface area (Å²) in [7, 11) is 0. The third-order valence-corrected chi connectivity index (χ3v) is 9.99. The lowest BCUT2D eigenvalue weighted by atomic mass is 9.85. The van der Waals surface area contributed by atoms with Crippen LogP contribution in [0.15, 0.2) is 169 Å². The third-order valence-electron chi connectivity index (χ3n) is 9.04. The van der Waals surface area contributed by atoms with E-state index in [1.54, 1.807) is 0 Å². The molecule has 5 heteroatoms. The van der Waals surface area contributed by atoms with Crippen molar-refractivity contribution >= 4 is 28.2 Å². The van der Waals surface area contributed by atoms with Gasteiger partial charge in [-0.1, -0.05) is 146 Å². The van der Waals surface area contributed by atoms with Crippen molar-refractivity contribution in [3.63, 3.8) is 0 Å². The fourth-order valence-corrected chi connectivity index (χ4v) is 7.51. The van der Waals surface area contributed by atoms with Crippen molar-refractivity contribution in [2.75, 3.05) is 11.2 Å². The monoisotopic (exact) mass is 646 g/mol. The molecular weight excluding hydrogens is 617 g/mol. The second kappa shape index (κ2) is 12.5. The molecule has 1 aromatic heterocycles. The molecular formula is C44H30N4S. The lowest BCUT2D eigenvalue weighted by molar-refractivity contribution is 1.07.